The summed E-state index contributed by atoms with van der Waals surface area (Å²) in [6, 6.07) is 8.59. The summed E-state index contributed by atoms with van der Waals surface area (Å²) in [6.07, 6.45) is 7.25. The molecule has 1 aromatic carbocycles. The van der Waals surface area contributed by atoms with E-state index < -0.39 is 0 Å². The van der Waals surface area contributed by atoms with Gasteiger partial charge in [0.15, 0.2) is 0 Å². The van der Waals surface area contributed by atoms with E-state index in [0.717, 1.165) is 11.8 Å². The van der Waals surface area contributed by atoms with Gasteiger partial charge in [0, 0.05) is 0 Å². The highest BCUT2D eigenvalue weighted by molar-refractivity contribution is 6.33. The molecule has 0 heterocycles. The van der Waals surface area contributed by atoms with E-state index in [-0.39, 0.29) is 0 Å². The Morgan fingerprint density at radius 1 is 0.833 bits per heavy atom. The Hall–Kier alpha value is -0.750. The van der Waals surface area contributed by atoms with Gasteiger partial charge in [-0.25, -0.2) is 0 Å². The van der Waals surface area contributed by atoms with E-state index in [4.69, 9.17) is 11.6 Å². The number of hydrogen-bond donors (Lipinski definition) is 0. The predicted octanol–water partition coefficient (Wildman–Crippen LogP) is 5.95. The second-order valence-corrected chi connectivity index (χ2v) is 5.40. The summed E-state index contributed by atoms with van der Waals surface area (Å²) in [5.41, 5.74) is 5.54. The first-order valence-electron chi connectivity index (χ1n) is 7.14. The molecule has 1 aliphatic rings. The van der Waals surface area contributed by atoms with E-state index in [2.05, 4.69) is 38.1 Å². The lowest BCUT2D eigenvalue weighted by Gasteiger charge is -2.09. The fourth-order valence-electron chi connectivity index (χ4n) is 2.65. The van der Waals surface area contributed by atoms with Crippen molar-refractivity contribution in [2.45, 2.75) is 52.4 Å². The van der Waals surface area contributed by atoms with Crippen molar-refractivity contribution in [2.75, 3.05) is 0 Å². The van der Waals surface area contributed by atoms with Gasteiger partial charge in [0.25, 0.3) is 0 Å². The van der Waals surface area contributed by atoms with E-state index in [9.17, 15) is 0 Å². The number of benzene rings is 1. The maximum Gasteiger partial charge on any atom is 0.119 e. The van der Waals surface area contributed by atoms with Crippen molar-refractivity contribution in [1.82, 2.24) is 0 Å². The number of rotatable bonds is 6. The molecule has 0 aliphatic heterocycles. The molecular formula is C17H22Cl. The number of allylic oxidation sites excluding steroid dienone is 2. The van der Waals surface area contributed by atoms with E-state index in [1.165, 1.54) is 54.4 Å². The quantitative estimate of drug-likeness (QED) is 0.593. The predicted molar refractivity (Wildman–Crippen MR) is 80.6 cm³/mol. The van der Waals surface area contributed by atoms with Crippen LogP contribution in [0.5, 0.6) is 0 Å². The molecule has 18 heavy (non-hydrogen) atoms. The van der Waals surface area contributed by atoms with E-state index in [1.807, 2.05) is 0 Å². The van der Waals surface area contributed by atoms with E-state index >= 15 is 0 Å². The molecular weight excluding hydrogens is 240 g/mol. The molecule has 1 aliphatic carbocycles. The Morgan fingerprint density at radius 2 is 1.39 bits per heavy atom. The highest BCUT2D eigenvalue weighted by atomic mass is 35.5. The minimum Gasteiger partial charge on any atom is -0.106 e. The lowest BCUT2D eigenvalue weighted by molar-refractivity contribution is 0.782. The van der Waals surface area contributed by atoms with Crippen LogP contribution in [0.2, 0.25) is 0 Å². The zero-order valence-electron chi connectivity index (χ0n) is 11.4. The van der Waals surface area contributed by atoms with Crippen molar-refractivity contribution in [3.05, 3.63) is 46.3 Å². The average Bonchev–Trinajstić information content (AvgIpc) is 2.67. The summed E-state index contributed by atoms with van der Waals surface area (Å²) >= 11 is 6.58. The molecule has 0 bridgehead atoms. The van der Waals surface area contributed by atoms with Crippen LogP contribution in [0.1, 0.15) is 63.5 Å². The van der Waals surface area contributed by atoms with Crippen molar-refractivity contribution in [3.8, 4) is 0 Å². The van der Waals surface area contributed by atoms with Crippen LogP contribution in [0.25, 0.3) is 5.57 Å². The van der Waals surface area contributed by atoms with Gasteiger partial charge < -0.3 is 0 Å². The van der Waals surface area contributed by atoms with E-state index in [0.29, 0.717) is 0 Å². The van der Waals surface area contributed by atoms with Gasteiger partial charge in [-0.15, -0.1) is 11.6 Å². The molecule has 0 saturated heterocycles. The smallest absolute Gasteiger partial charge is 0.106 e. The monoisotopic (exact) mass is 261 g/mol. The Balaban J connectivity index is 2.31. The molecule has 0 saturated carbocycles. The first kappa shape index (κ1) is 13.7. The number of hydrogen-bond acceptors (Lipinski definition) is 0. The van der Waals surface area contributed by atoms with Crippen LogP contribution in [-0.2, 0) is 0 Å². The lowest BCUT2D eigenvalue weighted by Crippen LogP contribution is -1.92. The topological polar surface area (TPSA) is 0 Å². The molecule has 0 unspecified atom stereocenters. The van der Waals surface area contributed by atoms with Crippen LogP contribution in [0, 0.1) is 5.38 Å². The third-order valence-electron chi connectivity index (χ3n) is 3.68. The van der Waals surface area contributed by atoms with Crippen LogP contribution < -0.4 is 0 Å². The molecule has 0 amide bonds. The average molecular weight is 262 g/mol. The minimum atomic E-state index is 1.00. The molecule has 1 heteroatoms. The van der Waals surface area contributed by atoms with Crippen molar-refractivity contribution in [1.29, 1.82) is 0 Å². The second-order valence-electron chi connectivity index (χ2n) is 5.02. The van der Waals surface area contributed by atoms with Crippen LogP contribution in [-0.4, -0.2) is 0 Å². The molecule has 2 rings (SSSR count). The normalized spacial score (nSPS) is 15.3. The van der Waals surface area contributed by atoms with Crippen molar-refractivity contribution < 1.29 is 0 Å². The van der Waals surface area contributed by atoms with Crippen molar-refractivity contribution >= 4 is 17.2 Å². The molecule has 0 fully saturated rings. The molecule has 0 spiro atoms. The second kappa shape index (κ2) is 6.43. The van der Waals surface area contributed by atoms with Gasteiger partial charge in [0.05, 0.1) is 0 Å². The standard InChI is InChI=1S/C17H22Cl/c1-3-5-9-13-14-11-7-8-12-16(14)17(18)15(13)10-6-4-2/h7-8,11-12H,3-6,9-10H2,1-2H3. The van der Waals surface area contributed by atoms with E-state index in [1.54, 1.807) is 0 Å². The highest BCUT2D eigenvalue weighted by Gasteiger charge is 2.29. The number of halogens is 1. The fourth-order valence-corrected chi connectivity index (χ4v) is 3.02. The Morgan fingerprint density at radius 3 is 2.00 bits per heavy atom. The lowest BCUT2D eigenvalue weighted by atomic mass is 9.98. The first-order chi connectivity index (χ1) is 8.79. The Labute approximate surface area is 116 Å². The molecule has 1 radical (unpaired) electrons. The Bertz CT molecular complexity index is 431. The highest BCUT2D eigenvalue weighted by Crippen LogP contribution is 2.47. The summed E-state index contributed by atoms with van der Waals surface area (Å²) in [6.45, 7) is 4.49. The zero-order valence-corrected chi connectivity index (χ0v) is 12.2. The van der Waals surface area contributed by atoms with Gasteiger partial charge >= 0.3 is 0 Å². The maximum atomic E-state index is 6.58. The molecule has 0 nitrogen and oxygen atoms in total. The van der Waals surface area contributed by atoms with Gasteiger partial charge in [-0.3, -0.25) is 0 Å². The fraction of sp³-hybridized carbons (Fsp3) is 0.471. The van der Waals surface area contributed by atoms with Gasteiger partial charge in [0.1, 0.15) is 5.38 Å². The Kier molecular flexibility index (Phi) is 4.88. The van der Waals surface area contributed by atoms with Gasteiger partial charge in [-0.05, 0) is 48.0 Å². The summed E-state index contributed by atoms with van der Waals surface area (Å²) in [5.74, 6) is 0. The summed E-state index contributed by atoms with van der Waals surface area (Å²) in [4.78, 5) is 0. The largest absolute Gasteiger partial charge is 0.119 e. The van der Waals surface area contributed by atoms with Gasteiger partial charge in [-0.2, -0.15) is 0 Å². The zero-order chi connectivity index (χ0) is 13.0. The molecule has 0 N–H and O–H groups in total. The molecule has 97 valence electrons. The van der Waals surface area contributed by atoms with Crippen LogP contribution >= 0.6 is 11.6 Å². The van der Waals surface area contributed by atoms with Gasteiger partial charge in [0.2, 0.25) is 0 Å². The molecule has 0 aromatic heterocycles. The third-order valence-corrected chi connectivity index (χ3v) is 4.11. The SMILES string of the molecule is CCCCC1=C(CCCC)c2ccccc2[C]1Cl. The van der Waals surface area contributed by atoms with Gasteiger partial charge in [-0.1, -0.05) is 51.0 Å². The summed E-state index contributed by atoms with van der Waals surface area (Å²) < 4.78 is 0. The first-order valence-corrected chi connectivity index (χ1v) is 7.52. The van der Waals surface area contributed by atoms with Crippen molar-refractivity contribution in [2.24, 2.45) is 0 Å². The molecule has 0 atom stereocenters. The third kappa shape index (κ3) is 2.64. The van der Waals surface area contributed by atoms with Crippen LogP contribution in [0.3, 0.4) is 0 Å². The molecule has 1 aromatic rings. The van der Waals surface area contributed by atoms with Crippen LogP contribution in [0.15, 0.2) is 29.8 Å². The summed E-state index contributed by atoms with van der Waals surface area (Å²) in [7, 11) is 0. The number of unbranched alkanes of at least 4 members (excludes halogenated alkanes) is 2. The van der Waals surface area contributed by atoms with Crippen LogP contribution in [0.4, 0.5) is 0 Å². The van der Waals surface area contributed by atoms with Crippen molar-refractivity contribution in [3.63, 3.8) is 0 Å². The minimum absolute atomic E-state index is 1.00. The summed E-state index contributed by atoms with van der Waals surface area (Å²) in [5, 5.41) is 1.00. The number of fused-ring (bicyclic) bond motifs is 1. The maximum absolute atomic E-state index is 6.58.